The van der Waals surface area contributed by atoms with Crippen molar-refractivity contribution in [2.45, 2.75) is 6.42 Å². The minimum absolute atomic E-state index is 0.0794. The molecule has 11 heteroatoms. The standard InChI is InChI=1S/C28H20F2N4O5/c1-37-23-13-19-25(34-28(23)38-2)22(9-10-31-19)39-21-8-3-15(11-18(21)30)12-20(35)26-27(36)24(32-14-33-26)16-4-6-17(29)7-5-16/h3-11,13-14,36H,12H2,1-2H3. The van der Waals surface area contributed by atoms with E-state index >= 15 is 4.39 Å². The number of benzene rings is 2. The van der Waals surface area contributed by atoms with E-state index < -0.39 is 23.2 Å². The number of aromatic hydroxyl groups is 1. The third-order valence-electron chi connectivity index (χ3n) is 5.81. The molecule has 0 aliphatic carbocycles. The molecule has 0 radical (unpaired) electrons. The molecule has 3 aromatic heterocycles. The number of hydrogen-bond donors (Lipinski definition) is 1. The van der Waals surface area contributed by atoms with Crippen LogP contribution in [0.25, 0.3) is 22.3 Å². The molecule has 0 fully saturated rings. The van der Waals surface area contributed by atoms with Crippen LogP contribution >= 0.6 is 0 Å². The summed E-state index contributed by atoms with van der Waals surface area (Å²) in [4.78, 5) is 29.4. The molecule has 0 amide bonds. The summed E-state index contributed by atoms with van der Waals surface area (Å²) in [5.74, 6) is -1.44. The minimum Gasteiger partial charge on any atom is -0.504 e. The van der Waals surface area contributed by atoms with Crippen molar-refractivity contribution in [2.75, 3.05) is 14.2 Å². The average Bonchev–Trinajstić information content (AvgIpc) is 2.94. The fraction of sp³-hybridized carbons (Fsp3) is 0.107. The predicted molar refractivity (Wildman–Crippen MR) is 136 cm³/mol. The van der Waals surface area contributed by atoms with Gasteiger partial charge in [0.1, 0.15) is 23.4 Å². The number of pyridine rings is 2. The molecule has 0 atom stereocenters. The number of carbonyl (C=O) groups excluding carboxylic acids is 1. The molecule has 5 rings (SSSR count). The van der Waals surface area contributed by atoms with Gasteiger partial charge in [-0.1, -0.05) is 6.07 Å². The lowest BCUT2D eigenvalue weighted by Gasteiger charge is -2.12. The number of halogens is 2. The van der Waals surface area contributed by atoms with E-state index in [1.807, 2.05) is 0 Å². The third kappa shape index (κ3) is 5.14. The Bertz CT molecular complexity index is 1700. The smallest absolute Gasteiger partial charge is 0.257 e. The van der Waals surface area contributed by atoms with Gasteiger partial charge in [0.2, 0.25) is 0 Å². The summed E-state index contributed by atoms with van der Waals surface area (Å²) < 4.78 is 44.6. The van der Waals surface area contributed by atoms with E-state index in [2.05, 4.69) is 19.9 Å². The van der Waals surface area contributed by atoms with Crippen LogP contribution in [0.4, 0.5) is 8.78 Å². The molecule has 2 aromatic carbocycles. The summed E-state index contributed by atoms with van der Waals surface area (Å²) in [7, 11) is 2.92. The molecule has 196 valence electrons. The number of methoxy groups -OCH3 is 2. The number of aromatic nitrogens is 4. The van der Waals surface area contributed by atoms with Crippen LogP contribution < -0.4 is 14.2 Å². The number of nitrogens with zero attached hydrogens (tertiary/aromatic N) is 4. The van der Waals surface area contributed by atoms with Gasteiger partial charge in [-0.25, -0.2) is 23.7 Å². The fourth-order valence-electron chi connectivity index (χ4n) is 3.91. The molecule has 0 spiro atoms. The van der Waals surface area contributed by atoms with Crippen LogP contribution in [0.1, 0.15) is 16.1 Å². The van der Waals surface area contributed by atoms with E-state index in [-0.39, 0.29) is 35.2 Å². The number of Topliss-reactive ketones (excluding diaryl/α,β-unsaturated/α-hetero) is 1. The first-order chi connectivity index (χ1) is 18.9. The van der Waals surface area contributed by atoms with Gasteiger partial charge in [0.25, 0.3) is 5.88 Å². The van der Waals surface area contributed by atoms with Gasteiger partial charge in [0.15, 0.2) is 40.3 Å². The lowest BCUT2D eigenvalue weighted by Crippen LogP contribution is -2.08. The van der Waals surface area contributed by atoms with Gasteiger partial charge in [-0.15, -0.1) is 0 Å². The Morgan fingerprint density at radius 2 is 1.69 bits per heavy atom. The minimum atomic E-state index is -0.718. The second kappa shape index (κ2) is 10.7. The van der Waals surface area contributed by atoms with Gasteiger partial charge < -0.3 is 19.3 Å². The normalized spacial score (nSPS) is 10.9. The first-order valence-electron chi connectivity index (χ1n) is 11.5. The highest BCUT2D eigenvalue weighted by Crippen LogP contribution is 2.35. The summed E-state index contributed by atoms with van der Waals surface area (Å²) in [6.07, 6.45) is 2.37. The van der Waals surface area contributed by atoms with Gasteiger partial charge >= 0.3 is 0 Å². The summed E-state index contributed by atoms with van der Waals surface area (Å²) >= 11 is 0. The van der Waals surface area contributed by atoms with Crippen LogP contribution in [-0.2, 0) is 6.42 Å². The SMILES string of the molecule is COc1cc2nccc(Oc3ccc(CC(=O)c4ncnc(-c5ccc(F)cc5)c4O)cc3F)c2nc1OC. The highest BCUT2D eigenvalue weighted by atomic mass is 19.1. The maximum absolute atomic E-state index is 15.0. The van der Waals surface area contributed by atoms with Crippen molar-refractivity contribution in [1.82, 2.24) is 19.9 Å². The zero-order valence-corrected chi connectivity index (χ0v) is 20.7. The number of rotatable bonds is 8. The molecule has 0 aliphatic rings. The molecule has 1 N–H and O–H groups in total. The van der Waals surface area contributed by atoms with E-state index in [0.717, 1.165) is 12.4 Å². The van der Waals surface area contributed by atoms with Gasteiger partial charge in [0.05, 0.1) is 19.7 Å². The Kier molecular flexibility index (Phi) is 6.96. The van der Waals surface area contributed by atoms with E-state index in [0.29, 0.717) is 27.9 Å². The van der Waals surface area contributed by atoms with Crippen molar-refractivity contribution in [3.63, 3.8) is 0 Å². The summed E-state index contributed by atoms with van der Waals surface area (Å²) in [5, 5.41) is 10.6. The van der Waals surface area contributed by atoms with Crippen LogP contribution in [0.3, 0.4) is 0 Å². The summed E-state index contributed by atoms with van der Waals surface area (Å²) in [6.45, 7) is 0. The quantitative estimate of drug-likeness (QED) is 0.267. The topological polar surface area (TPSA) is 117 Å². The summed E-state index contributed by atoms with van der Waals surface area (Å²) in [6, 6.07) is 12.5. The lowest BCUT2D eigenvalue weighted by atomic mass is 10.0. The first-order valence-corrected chi connectivity index (χ1v) is 11.5. The van der Waals surface area contributed by atoms with Gasteiger partial charge in [-0.3, -0.25) is 9.78 Å². The van der Waals surface area contributed by atoms with Gasteiger partial charge in [0, 0.05) is 30.3 Å². The molecule has 3 heterocycles. The average molecular weight is 530 g/mol. The molecule has 0 bridgehead atoms. The van der Waals surface area contributed by atoms with Crippen LogP contribution in [0.15, 0.2) is 67.1 Å². The van der Waals surface area contributed by atoms with E-state index in [9.17, 15) is 14.3 Å². The van der Waals surface area contributed by atoms with Crippen molar-refractivity contribution in [2.24, 2.45) is 0 Å². The number of hydrogen-bond acceptors (Lipinski definition) is 9. The Hall–Kier alpha value is -5.19. The van der Waals surface area contributed by atoms with E-state index in [1.165, 1.54) is 62.9 Å². The van der Waals surface area contributed by atoms with E-state index in [1.54, 1.807) is 6.07 Å². The number of ether oxygens (including phenoxy) is 3. The zero-order valence-electron chi connectivity index (χ0n) is 20.7. The molecule has 0 saturated heterocycles. The Morgan fingerprint density at radius 1 is 0.897 bits per heavy atom. The molecule has 0 saturated carbocycles. The van der Waals surface area contributed by atoms with Crippen LogP contribution in [-0.4, -0.2) is 45.0 Å². The molecule has 0 aliphatic heterocycles. The number of carbonyl (C=O) groups is 1. The second-order valence-corrected chi connectivity index (χ2v) is 8.27. The van der Waals surface area contributed by atoms with Crippen molar-refractivity contribution < 1.29 is 32.9 Å². The van der Waals surface area contributed by atoms with Crippen LogP contribution in [0.2, 0.25) is 0 Å². The largest absolute Gasteiger partial charge is 0.504 e. The van der Waals surface area contributed by atoms with Crippen molar-refractivity contribution >= 4 is 16.8 Å². The third-order valence-corrected chi connectivity index (χ3v) is 5.81. The second-order valence-electron chi connectivity index (χ2n) is 8.27. The molecule has 5 aromatic rings. The van der Waals surface area contributed by atoms with Crippen molar-refractivity contribution in [3.8, 4) is 40.1 Å². The predicted octanol–water partition coefficient (Wildman–Crippen LogP) is 5.31. The first kappa shape index (κ1) is 25.5. The highest BCUT2D eigenvalue weighted by molar-refractivity contribution is 5.99. The Labute approximate surface area is 220 Å². The number of ketones is 1. The highest BCUT2D eigenvalue weighted by Gasteiger charge is 2.20. The molecule has 9 nitrogen and oxygen atoms in total. The van der Waals surface area contributed by atoms with Crippen molar-refractivity contribution in [3.05, 3.63) is 90.0 Å². The maximum Gasteiger partial charge on any atom is 0.257 e. The fourth-order valence-corrected chi connectivity index (χ4v) is 3.91. The lowest BCUT2D eigenvalue weighted by molar-refractivity contribution is 0.0985. The molecule has 39 heavy (non-hydrogen) atoms. The van der Waals surface area contributed by atoms with Gasteiger partial charge in [-0.2, -0.15) is 0 Å². The Morgan fingerprint density at radius 3 is 2.41 bits per heavy atom. The summed E-state index contributed by atoms with van der Waals surface area (Å²) in [5.41, 5.74) is 1.38. The molecular weight excluding hydrogens is 510 g/mol. The zero-order chi connectivity index (χ0) is 27.5. The van der Waals surface area contributed by atoms with Crippen molar-refractivity contribution in [1.29, 1.82) is 0 Å². The maximum atomic E-state index is 15.0. The Balaban J connectivity index is 1.38. The van der Waals surface area contributed by atoms with Crippen LogP contribution in [0.5, 0.6) is 28.9 Å². The number of fused-ring (bicyclic) bond motifs is 1. The molecular formula is C28H20F2N4O5. The van der Waals surface area contributed by atoms with Crippen LogP contribution in [0, 0.1) is 11.6 Å². The van der Waals surface area contributed by atoms with Gasteiger partial charge in [-0.05, 0) is 42.0 Å². The molecule has 0 unspecified atom stereocenters. The van der Waals surface area contributed by atoms with E-state index in [4.69, 9.17) is 14.2 Å². The monoisotopic (exact) mass is 530 g/mol.